The molecule has 0 bridgehead atoms. The summed E-state index contributed by atoms with van der Waals surface area (Å²) in [4.78, 5) is 51.4. The molecule has 18 atom stereocenters. The van der Waals surface area contributed by atoms with Crippen LogP contribution in [0.4, 0.5) is 4.79 Å². The lowest BCUT2D eigenvalue weighted by Gasteiger charge is -2.55. The third kappa shape index (κ3) is 10.3. The molecule has 4 fully saturated rings. The summed E-state index contributed by atoms with van der Waals surface area (Å²) in [5.41, 5.74) is -1.73. The number of Topliss-reactive ketones (excluding diaryl/α,β-unsaturated/α-hetero) is 1. The van der Waals surface area contributed by atoms with Crippen LogP contribution < -0.4 is 10.6 Å². The number of ether oxygens (including phenoxy) is 5. The number of urea groups is 1. The third-order valence-electron chi connectivity index (χ3n) is 15.5. The van der Waals surface area contributed by atoms with E-state index in [4.69, 9.17) is 35.3 Å². The van der Waals surface area contributed by atoms with Crippen LogP contribution in [-0.4, -0.2) is 106 Å². The van der Waals surface area contributed by atoms with E-state index in [9.17, 15) is 29.5 Å². The number of hydrogen-bond acceptors (Lipinski definition) is 11. The molecular formula is C46H76ClN3O11. The summed E-state index contributed by atoms with van der Waals surface area (Å²) in [6.45, 7) is 19.9. The lowest BCUT2D eigenvalue weighted by molar-refractivity contribution is -0.397. The summed E-state index contributed by atoms with van der Waals surface area (Å²) in [5, 5.41) is 31.7. The summed E-state index contributed by atoms with van der Waals surface area (Å²) in [6.07, 6.45) is 6.81. The Labute approximate surface area is 368 Å². The molecular weight excluding hydrogens is 806 g/mol. The van der Waals surface area contributed by atoms with E-state index in [-0.39, 0.29) is 35.7 Å². The molecule has 0 radical (unpaired) electrons. The van der Waals surface area contributed by atoms with Crippen LogP contribution in [0.25, 0.3) is 0 Å². The van der Waals surface area contributed by atoms with Crippen molar-refractivity contribution in [1.29, 1.82) is 0 Å². The Kier molecular flexibility index (Phi) is 16.7. The van der Waals surface area contributed by atoms with Gasteiger partial charge >= 0.3 is 6.03 Å². The van der Waals surface area contributed by atoms with E-state index < -0.39 is 88.9 Å². The molecule has 2 spiro atoms. The fourth-order valence-corrected chi connectivity index (χ4v) is 11.3. The number of hydrogen-bond donors (Lipinski definition) is 4. The van der Waals surface area contributed by atoms with Crippen molar-refractivity contribution in [3.63, 3.8) is 0 Å². The molecule has 3 amide bonds. The molecule has 3 unspecified atom stereocenters. The number of nitrogens with zero attached hydrogens (tertiary/aromatic N) is 1. The maximum Gasteiger partial charge on any atom is 0.315 e. The number of ketones is 1. The lowest BCUT2D eigenvalue weighted by atomic mass is 9.72. The van der Waals surface area contributed by atoms with Crippen molar-refractivity contribution in [2.45, 2.75) is 205 Å². The number of carbonyl (C=O) groups excluding carboxylic acids is 3. The number of aliphatic hydroxyl groups is 2. The first-order valence-electron chi connectivity index (χ1n) is 23.3. The second-order valence-corrected chi connectivity index (χ2v) is 19.9. The molecule has 0 saturated carbocycles. The van der Waals surface area contributed by atoms with Gasteiger partial charge in [-0.15, -0.1) is 16.5 Å². The topological polar surface area (TPSA) is 191 Å². The Balaban J connectivity index is 1.38. The van der Waals surface area contributed by atoms with Crippen molar-refractivity contribution >= 4 is 29.3 Å². The van der Waals surface area contributed by atoms with Gasteiger partial charge in [-0.1, -0.05) is 61.5 Å². The van der Waals surface area contributed by atoms with E-state index in [1.54, 1.807) is 6.92 Å². The van der Waals surface area contributed by atoms with Gasteiger partial charge in [-0.2, -0.15) is 0 Å². The molecule has 0 aromatic carbocycles. The highest BCUT2D eigenvalue weighted by Gasteiger charge is 2.63. The van der Waals surface area contributed by atoms with Gasteiger partial charge in [0.15, 0.2) is 11.6 Å². The smallest absolute Gasteiger partial charge is 0.315 e. The van der Waals surface area contributed by atoms with E-state index in [1.807, 2.05) is 60.6 Å². The number of nitrogens with one attached hydrogen (secondary N) is 2. The van der Waals surface area contributed by atoms with Gasteiger partial charge in [0.2, 0.25) is 0 Å². The van der Waals surface area contributed by atoms with Gasteiger partial charge in [-0.05, 0) is 96.0 Å². The number of nitroso groups, excluding NO2 is 1. The van der Waals surface area contributed by atoms with Crippen molar-refractivity contribution < 1.29 is 48.3 Å². The lowest BCUT2D eigenvalue weighted by Crippen LogP contribution is -2.66. The van der Waals surface area contributed by atoms with Gasteiger partial charge in [-0.25, -0.2) is 4.79 Å². The quantitative estimate of drug-likeness (QED) is 0.0525. The Morgan fingerprint density at radius 2 is 1.64 bits per heavy atom. The number of aliphatic hydroxyl groups excluding tert-OH is 1. The van der Waals surface area contributed by atoms with E-state index in [2.05, 4.69) is 29.7 Å². The molecule has 0 aliphatic carbocycles. The number of amides is 3. The van der Waals surface area contributed by atoms with Gasteiger partial charge in [0.25, 0.3) is 5.91 Å². The summed E-state index contributed by atoms with van der Waals surface area (Å²) in [5.74, 6) is -5.61. The van der Waals surface area contributed by atoms with Crippen molar-refractivity contribution in [2.24, 2.45) is 46.6 Å². The maximum absolute atomic E-state index is 14.7. The Hall–Kier alpha value is -2.04. The summed E-state index contributed by atoms with van der Waals surface area (Å²) in [7, 11) is 0. The monoisotopic (exact) mass is 882 g/mol. The summed E-state index contributed by atoms with van der Waals surface area (Å²) >= 11 is 5.88. The molecule has 4 N–H and O–H groups in total. The zero-order valence-corrected chi connectivity index (χ0v) is 39.1. The van der Waals surface area contributed by atoms with Crippen LogP contribution in [0, 0.1) is 46.3 Å². The standard InChI is InChI=1S/C46H76ClN3O11/c1-11-32(41(53)50-56)34-16-15-26(4)39(58-34)30(8)37(51)29(7)38(52)33(12-2)40-27(5)25-28(6)45(59-40)20-17-35(49-42(54)48-24-14-23-47)46(61-45)22-21-43(10,60-46)36-18-19-44(55,13-3)31(9)57-36/h17,20,26-37,39-40,51,55H,11-16,18-19,21-25H2,1-10H3,(H2,48,49,54)/t26-,27-,28+,29-,30-,31-,32?,33?,34+,35?,36+,37+,39+,40-,43-,44+,45-,46-/m0/s1. The average Bonchev–Trinajstić information content (AvgIpc) is 3.58. The van der Waals surface area contributed by atoms with Crippen molar-refractivity contribution in [3.05, 3.63) is 17.1 Å². The normalized spacial score (nSPS) is 41.4. The second-order valence-electron chi connectivity index (χ2n) is 19.5. The van der Waals surface area contributed by atoms with E-state index >= 15 is 0 Å². The molecule has 15 heteroatoms. The maximum atomic E-state index is 14.7. The van der Waals surface area contributed by atoms with Gasteiger partial charge in [0, 0.05) is 47.7 Å². The minimum absolute atomic E-state index is 0.0330. The molecule has 61 heavy (non-hydrogen) atoms. The first-order valence-corrected chi connectivity index (χ1v) is 23.8. The largest absolute Gasteiger partial charge is 0.392 e. The van der Waals surface area contributed by atoms with Crippen LogP contribution in [0.1, 0.15) is 140 Å². The third-order valence-corrected chi connectivity index (χ3v) is 15.7. The van der Waals surface area contributed by atoms with E-state index in [0.29, 0.717) is 76.6 Å². The van der Waals surface area contributed by atoms with Gasteiger partial charge in [-0.3, -0.25) is 9.59 Å². The van der Waals surface area contributed by atoms with E-state index in [0.717, 1.165) is 6.42 Å². The molecule has 0 aromatic rings. The molecule has 0 aromatic heterocycles. The first-order chi connectivity index (χ1) is 28.8. The van der Waals surface area contributed by atoms with Crippen LogP contribution >= 0.6 is 11.6 Å². The molecule has 5 aliphatic rings. The van der Waals surface area contributed by atoms with Gasteiger partial charge in [0.1, 0.15) is 11.8 Å². The second kappa shape index (κ2) is 20.4. The fourth-order valence-electron chi connectivity index (χ4n) is 11.2. The SMILES string of the molecule is CCC(C(=O)[C@@H](C)[C@@H](O)[C@H](C)[C@@H]1O[C@@H](C(CC)C(=O)N=O)CC[C@@H]1C)[C@H]1O[C@]2(C=CC(NC(=O)NCCCCl)[C@]3(CC[C@@](C)([C@H]4CC[C@](O)(CC)[C@H](C)O4)O3)O2)[C@H](C)C[C@@H]1C. The van der Waals surface area contributed by atoms with Crippen molar-refractivity contribution in [2.75, 3.05) is 12.4 Å². The molecule has 5 rings (SSSR count). The molecule has 348 valence electrons. The van der Waals surface area contributed by atoms with E-state index in [1.165, 1.54) is 0 Å². The minimum atomic E-state index is -1.35. The van der Waals surface area contributed by atoms with Crippen LogP contribution in [0.2, 0.25) is 0 Å². The Bertz CT molecular complexity index is 1570. The van der Waals surface area contributed by atoms with Crippen LogP contribution in [0.15, 0.2) is 17.3 Å². The minimum Gasteiger partial charge on any atom is -0.392 e. The number of halogens is 1. The zero-order chi connectivity index (χ0) is 45.1. The zero-order valence-electron chi connectivity index (χ0n) is 38.3. The highest BCUT2D eigenvalue weighted by atomic mass is 35.5. The average molecular weight is 883 g/mol. The number of rotatable bonds is 16. The summed E-state index contributed by atoms with van der Waals surface area (Å²) in [6, 6.07) is -1.07. The molecule has 14 nitrogen and oxygen atoms in total. The van der Waals surface area contributed by atoms with Crippen molar-refractivity contribution in [3.8, 4) is 0 Å². The van der Waals surface area contributed by atoms with Crippen molar-refractivity contribution in [1.82, 2.24) is 10.6 Å². The molecule has 4 saturated heterocycles. The number of carbonyl (C=O) groups is 3. The Morgan fingerprint density at radius 1 is 0.934 bits per heavy atom. The van der Waals surface area contributed by atoms with Gasteiger partial charge in [0.05, 0.1) is 53.7 Å². The van der Waals surface area contributed by atoms with Crippen LogP contribution in [0.3, 0.4) is 0 Å². The highest BCUT2D eigenvalue weighted by Crippen LogP contribution is 2.54. The Morgan fingerprint density at radius 3 is 2.26 bits per heavy atom. The predicted molar refractivity (Wildman–Crippen MR) is 231 cm³/mol. The fraction of sp³-hybridized carbons (Fsp3) is 0.891. The molecule has 5 aliphatic heterocycles. The van der Waals surface area contributed by atoms with Gasteiger partial charge < -0.3 is 44.5 Å². The molecule has 5 heterocycles. The summed E-state index contributed by atoms with van der Waals surface area (Å²) < 4.78 is 34.4. The highest BCUT2D eigenvalue weighted by molar-refractivity contribution is 6.17. The van der Waals surface area contributed by atoms with Crippen LogP contribution in [0.5, 0.6) is 0 Å². The van der Waals surface area contributed by atoms with Crippen LogP contribution in [-0.2, 0) is 33.3 Å². The number of alkyl halides is 1. The predicted octanol–water partition coefficient (Wildman–Crippen LogP) is 7.33. The first kappa shape index (κ1) is 50.0.